The fourth-order valence-corrected chi connectivity index (χ4v) is 4.44. The van der Waals surface area contributed by atoms with Gasteiger partial charge in [0.05, 0.1) is 11.6 Å². The molecule has 2 aliphatic rings. The fraction of sp³-hybridized carbons (Fsp3) is 0.435. The number of hydrogen-bond acceptors (Lipinski definition) is 2. The molecule has 2 aromatic rings. The molecule has 0 radical (unpaired) electrons. The Hall–Kier alpha value is -2.11. The van der Waals surface area contributed by atoms with Crippen LogP contribution in [0.2, 0.25) is 0 Å². The van der Waals surface area contributed by atoms with Gasteiger partial charge in [-0.15, -0.1) is 0 Å². The number of rotatable bonds is 4. The Morgan fingerprint density at radius 3 is 2.20 bits per heavy atom. The average Bonchev–Trinajstić information content (AvgIpc) is 3.03. The van der Waals surface area contributed by atoms with Crippen molar-refractivity contribution in [3.8, 4) is 17.2 Å². The highest BCUT2D eigenvalue weighted by Gasteiger charge is 2.33. The second-order valence-corrected chi connectivity index (χ2v) is 7.83. The maximum atomic E-state index is 8.90. The van der Waals surface area contributed by atoms with Crippen molar-refractivity contribution in [3.05, 3.63) is 59.7 Å². The second-order valence-electron chi connectivity index (χ2n) is 7.83. The largest absolute Gasteiger partial charge is 0.300 e. The Morgan fingerprint density at radius 2 is 1.64 bits per heavy atom. The highest BCUT2D eigenvalue weighted by Crippen LogP contribution is 2.43. The van der Waals surface area contributed by atoms with Crippen LogP contribution < -0.4 is 0 Å². The number of nitriles is 1. The Bertz CT molecular complexity index is 748. The minimum absolute atomic E-state index is 0.716. The lowest BCUT2D eigenvalue weighted by molar-refractivity contribution is 0.154. The highest BCUT2D eigenvalue weighted by atomic mass is 15.2. The summed E-state index contributed by atoms with van der Waals surface area (Å²) in [7, 11) is 0. The van der Waals surface area contributed by atoms with Gasteiger partial charge in [0, 0.05) is 12.6 Å². The monoisotopic (exact) mass is 330 g/mol. The molecule has 0 N–H and O–H groups in total. The molecule has 2 nitrogen and oxygen atoms in total. The number of likely N-dealkylation sites (tertiary alicyclic amines) is 1. The van der Waals surface area contributed by atoms with E-state index in [0.29, 0.717) is 5.56 Å². The van der Waals surface area contributed by atoms with Gasteiger partial charge in [-0.2, -0.15) is 5.26 Å². The molecule has 2 heteroatoms. The summed E-state index contributed by atoms with van der Waals surface area (Å²) in [5, 5.41) is 8.90. The van der Waals surface area contributed by atoms with Crippen molar-refractivity contribution in [2.45, 2.75) is 44.6 Å². The predicted octanol–water partition coefficient (Wildman–Crippen LogP) is 5.20. The molecule has 2 fully saturated rings. The van der Waals surface area contributed by atoms with Gasteiger partial charge in [-0.25, -0.2) is 0 Å². The Labute approximate surface area is 151 Å². The van der Waals surface area contributed by atoms with Crippen LogP contribution in [0.5, 0.6) is 0 Å². The first kappa shape index (κ1) is 16.4. The quantitative estimate of drug-likeness (QED) is 0.770. The molecule has 2 aromatic carbocycles. The summed E-state index contributed by atoms with van der Waals surface area (Å²) in [6.07, 6.45) is 5.46. The molecule has 0 aromatic heterocycles. The minimum Gasteiger partial charge on any atom is -0.300 e. The Morgan fingerprint density at radius 1 is 1.00 bits per heavy atom. The lowest BCUT2D eigenvalue weighted by atomic mass is 9.71. The summed E-state index contributed by atoms with van der Waals surface area (Å²) in [6.45, 7) is 4.99. The fourth-order valence-electron chi connectivity index (χ4n) is 4.44. The lowest BCUT2D eigenvalue weighted by Crippen LogP contribution is -2.37. The standard InChI is InChI=1S/C23H26N2/c1-17-3-2-12-25(17)16-19-13-23(14-19)22-10-8-21(9-11-22)20-6-4-18(15-24)5-7-20/h4-11,17,19,23H,2-3,12-14,16H2,1H3/t17?,19-,23+. The molecule has 1 unspecified atom stereocenters. The van der Waals surface area contributed by atoms with E-state index in [-0.39, 0.29) is 0 Å². The highest BCUT2D eigenvalue weighted by molar-refractivity contribution is 5.64. The molecular formula is C23H26N2. The van der Waals surface area contributed by atoms with Gasteiger partial charge in [-0.3, -0.25) is 0 Å². The number of hydrogen-bond donors (Lipinski definition) is 0. The van der Waals surface area contributed by atoms with Crippen molar-refractivity contribution in [1.29, 1.82) is 5.26 Å². The first-order valence-corrected chi connectivity index (χ1v) is 9.57. The van der Waals surface area contributed by atoms with Crippen molar-refractivity contribution in [2.24, 2.45) is 5.92 Å². The van der Waals surface area contributed by atoms with Crippen LogP contribution in [0, 0.1) is 17.2 Å². The topological polar surface area (TPSA) is 27.0 Å². The van der Waals surface area contributed by atoms with Gasteiger partial charge in [0.1, 0.15) is 0 Å². The van der Waals surface area contributed by atoms with Crippen LogP contribution in [-0.2, 0) is 0 Å². The van der Waals surface area contributed by atoms with Crippen LogP contribution in [0.15, 0.2) is 48.5 Å². The van der Waals surface area contributed by atoms with Crippen LogP contribution in [0.3, 0.4) is 0 Å². The molecule has 128 valence electrons. The summed E-state index contributed by atoms with van der Waals surface area (Å²) in [5.41, 5.74) is 4.62. The third kappa shape index (κ3) is 3.48. The van der Waals surface area contributed by atoms with Gasteiger partial charge in [-0.1, -0.05) is 36.4 Å². The molecule has 4 rings (SSSR count). The van der Waals surface area contributed by atoms with Crippen molar-refractivity contribution >= 4 is 0 Å². The zero-order chi connectivity index (χ0) is 17.2. The smallest absolute Gasteiger partial charge is 0.0991 e. The Balaban J connectivity index is 1.34. The van der Waals surface area contributed by atoms with Crippen LogP contribution in [0.1, 0.15) is 49.7 Å². The minimum atomic E-state index is 0.716. The first-order valence-electron chi connectivity index (χ1n) is 9.57. The molecule has 1 saturated heterocycles. The molecule has 0 bridgehead atoms. The van der Waals surface area contributed by atoms with E-state index in [4.69, 9.17) is 5.26 Å². The van der Waals surface area contributed by atoms with Crippen LogP contribution in [0.25, 0.3) is 11.1 Å². The van der Waals surface area contributed by atoms with E-state index < -0.39 is 0 Å². The van der Waals surface area contributed by atoms with Crippen LogP contribution in [-0.4, -0.2) is 24.0 Å². The van der Waals surface area contributed by atoms with E-state index in [1.165, 1.54) is 55.5 Å². The maximum absolute atomic E-state index is 8.90. The van der Waals surface area contributed by atoms with Crippen molar-refractivity contribution < 1.29 is 0 Å². The molecule has 0 amide bonds. The van der Waals surface area contributed by atoms with Gasteiger partial charge in [0.25, 0.3) is 0 Å². The third-order valence-corrected chi connectivity index (χ3v) is 6.15. The summed E-state index contributed by atoms with van der Waals surface area (Å²) in [5.74, 6) is 1.64. The van der Waals surface area contributed by atoms with Gasteiger partial charge in [0.15, 0.2) is 0 Å². The van der Waals surface area contributed by atoms with E-state index in [9.17, 15) is 0 Å². The van der Waals surface area contributed by atoms with Gasteiger partial charge >= 0.3 is 0 Å². The molecule has 1 aliphatic heterocycles. The van der Waals surface area contributed by atoms with Crippen LogP contribution >= 0.6 is 0 Å². The normalized spacial score (nSPS) is 26.2. The summed E-state index contributed by atoms with van der Waals surface area (Å²) < 4.78 is 0. The summed E-state index contributed by atoms with van der Waals surface area (Å²) >= 11 is 0. The zero-order valence-corrected chi connectivity index (χ0v) is 15.0. The van der Waals surface area contributed by atoms with E-state index in [1.807, 2.05) is 24.3 Å². The van der Waals surface area contributed by atoms with Gasteiger partial charge in [-0.05, 0) is 79.8 Å². The lowest BCUT2D eigenvalue weighted by Gasteiger charge is -2.39. The molecule has 1 saturated carbocycles. The van der Waals surface area contributed by atoms with E-state index >= 15 is 0 Å². The average molecular weight is 330 g/mol. The first-order chi connectivity index (χ1) is 12.2. The van der Waals surface area contributed by atoms with Gasteiger partial charge < -0.3 is 4.90 Å². The molecule has 0 spiro atoms. The van der Waals surface area contributed by atoms with Gasteiger partial charge in [0.2, 0.25) is 0 Å². The summed E-state index contributed by atoms with van der Waals surface area (Å²) in [4.78, 5) is 2.69. The molecule has 1 aliphatic carbocycles. The van der Waals surface area contributed by atoms with E-state index in [1.54, 1.807) is 0 Å². The second kappa shape index (κ2) is 7.02. The molecular weight excluding hydrogens is 304 g/mol. The molecule has 25 heavy (non-hydrogen) atoms. The van der Waals surface area contributed by atoms with E-state index in [0.717, 1.165) is 17.9 Å². The SMILES string of the molecule is CC1CCCN1C[C@H]1C[C@@H](c2ccc(-c3ccc(C#N)cc3)cc2)C1. The number of benzene rings is 2. The van der Waals surface area contributed by atoms with Crippen molar-refractivity contribution in [2.75, 3.05) is 13.1 Å². The van der Waals surface area contributed by atoms with E-state index in [2.05, 4.69) is 42.2 Å². The zero-order valence-electron chi connectivity index (χ0n) is 15.0. The van der Waals surface area contributed by atoms with Crippen molar-refractivity contribution in [3.63, 3.8) is 0 Å². The summed E-state index contributed by atoms with van der Waals surface area (Å²) in [6, 6.07) is 19.9. The van der Waals surface area contributed by atoms with Crippen molar-refractivity contribution in [1.82, 2.24) is 4.90 Å². The predicted molar refractivity (Wildman–Crippen MR) is 102 cm³/mol. The third-order valence-electron chi connectivity index (χ3n) is 6.15. The number of nitrogens with zero attached hydrogens (tertiary/aromatic N) is 2. The maximum Gasteiger partial charge on any atom is 0.0991 e. The molecule has 1 heterocycles. The molecule has 1 atom stereocenters. The Kier molecular flexibility index (Phi) is 4.59. The van der Waals surface area contributed by atoms with Crippen LogP contribution in [0.4, 0.5) is 0 Å².